The van der Waals surface area contributed by atoms with Crippen LogP contribution >= 0.6 is 35.3 Å². The topological polar surface area (TPSA) is 71.5 Å². The predicted molar refractivity (Wildman–Crippen MR) is 133 cm³/mol. The minimum absolute atomic E-state index is 0. The Morgan fingerprint density at radius 1 is 1.20 bits per heavy atom. The van der Waals surface area contributed by atoms with Crippen molar-refractivity contribution in [1.29, 1.82) is 0 Å². The van der Waals surface area contributed by atoms with Crippen molar-refractivity contribution in [2.75, 3.05) is 6.54 Å². The van der Waals surface area contributed by atoms with Crippen molar-refractivity contribution in [3.63, 3.8) is 0 Å². The number of nitrogens with one attached hydrogen (secondary N) is 2. The fourth-order valence-electron chi connectivity index (χ4n) is 3.27. The first-order chi connectivity index (χ1) is 14.1. The minimum Gasteiger partial charge on any atom is -0.357 e. The summed E-state index contributed by atoms with van der Waals surface area (Å²) in [6.45, 7) is 8.12. The summed E-state index contributed by atoms with van der Waals surface area (Å²) in [6.07, 6.45) is 4.06. The highest BCUT2D eigenvalue weighted by atomic mass is 127. The molecule has 4 aromatic rings. The summed E-state index contributed by atoms with van der Waals surface area (Å²) in [5.41, 5.74) is 5.30. The van der Waals surface area contributed by atoms with Crippen LogP contribution in [0.25, 0.3) is 10.6 Å². The van der Waals surface area contributed by atoms with Crippen LogP contribution in [0, 0.1) is 13.8 Å². The van der Waals surface area contributed by atoms with Crippen LogP contribution in [0.5, 0.6) is 0 Å². The van der Waals surface area contributed by atoms with E-state index in [9.17, 15) is 0 Å². The van der Waals surface area contributed by atoms with Crippen LogP contribution in [0.3, 0.4) is 0 Å². The fraction of sp³-hybridized carbons (Fsp3) is 0.286. The third kappa shape index (κ3) is 5.01. The van der Waals surface area contributed by atoms with E-state index in [-0.39, 0.29) is 24.0 Å². The maximum atomic E-state index is 4.78. The van der Waals surface area contributed by atoms with Gasteiger partial charge in [-0.1, -0.05) is 18.2 Å². The molecular formula is C21H26IN7S. The molecule has 0 bridgehead atoms. The molecule has 0 saturated heterocycles. The lowest BCUT2D eigenvalue weighted by molar-refractivity contribution is 0.794. The number of halogens is 1. The quantitative estimate of drug-likeness (QED) is 0.222. The number of fused-ring (bicyclic) bond motifs is 1. The normalized spacial score (nSPS) is 11.5. The van der Waals surface area contributed by atoms with Gasteiger partial charge in [-0.05, 0) is 38.5 Å². The van der Waals surface area contributed by atoms with Gasteiger partial charge in [0.1, 0.15) is 0 Å². The fourth-order valence-corrected chi connectivity index (χ4v) is 3.98. The summed E-state index contributed by atoms with van der Waals surface area (Å²) in [5, 5.41) is 13.3. The lowest BCUT2D eigenvalue weighted by Gasteiger charge is -2.12. The first-order valence-electron chi connectivity index (χ1n) is 9.69. The van der Waals surface area contributed by atoms with E-state index in [0.717, 1.165) is 45.8 Å². The van der Waals surface area contributed by atoms with Gasteiger partial charge in [-0.15, -0.1) is 35.3 Å². The summed E-state index contributed by atoms with van der Waals surface area (Å²) in [4.78, 5) is 10.4. The Morgan fingerprint density at radius 3 is 2.77 bits per heavy atom. The van der Waals surface area contributed by atoms with Crippen molar-refractivity contribution >= 4 is 46.2 Å². The van der Waals surface area contributed by atoms with Gasteiger partial charge in [-0.25, -0.2) is 14.7 Å². The van der Waals surface area contributed by atoms with E-state index >= 15 is 0 Å². The first-order valence-corrected chi connectivity index (χ1v) is 10.6. The third-order valence-electron chi connectivity index (χ3n) is 4.56. The molecule has 0 amide bonds. The molecule has 158 valence electrons. The lowest BCUT2D eigenvalue weighted by atomic mass is 10.2. The molecule has 0 fully saturated rings. The van der Waals surface area contributed by atoms with Crippen LogP contribution in [0.1, 0.15) is 29.6 Å². The highest BCUT2D eigenvalue weighted by Crippen LogP contribution is 2.18. The van der Waals surface area contributed by atoms with Crippen molar-refractivity contribution in [1.82, 2.24) is 29.8 Å². The average molecular weight is 535 g/mol. The van der Waals surface area contributed by atoms with E-state index in [1.165, 1.54) is 0 Å². The monoisotopic (exact) mass is 535 g/mol. The Balaban J connectivity index is 0.00000256. The zero-order chi connectivity index (χ0) is 20.2. The number of nitrogens with zero attached hydrogens (tertiary/aromatic N) is 5. The standard InChI is InChI=1S/C21H25N7S.HI/c1-4-22-20(24-13-18-14-27-9-10-29-21(27)25-18)23-12-17-7-5-6-8-19(17)28-16(3)11-15(2)26-28;/h5-11,14H,4,12-13H2,1-3H3,(H2,22,23,24);1H. The number of benzene rings is 1. The Morgan fingerprint density at radius 2 is 2.03 bits per heavy atom. The summed E-state index contributed by atoms with van der Waals surface area (Å²) in [5.74, 6) is 0.770. The molecule has 3 heterocycles. The first kappa shape index (κ1) is 22.3. The van der Waals surface area contributed by atoms with Gasteiger partial charge in [0.25, 0.3) is 0 Å². The summed E-state index contributed by atoms with van der Waals surface area (Å²) < 4.78 is 4.02. The van der Waals surface area contributed by atoms with Gasteiger partial charge in [0, 0.05) is 30.0 Å². The van der Waals surface area contributed by atoms with Gasteiger partial charge in [-0.2, -0.15) is 5.10 Å². The van der Waals surface area contributed by atoms with Gasteiger partial charge in [-0.3, -0.25) is 4.40 Å². The molecule has 3 aromatic heterocycles. The predicted octanol–water partition coefficient (Wildman–Crippen LogP) is 4.07. The van der Waals surface area contributed by atoms with Gasteiger partial charge < -0.3 is 10.6 Å². The van der Waals surface area contributed by atoms with Crippen LogP contribution in [0.15, 0.2) is 53.1 Å². The van der Waals surface area contributed by atoms with Crippen LogP contribution < -0.4 is 10.6 Å². The van der Waals surface area contributed by atoms with Crippen molar-refractivity contribution < 1.29 is 0 Å². The molecule has 0 radical (unpaired) electrons. The highest BCUT2D eigenvalue weighted by Gasteiger charge is 2.09. The second kappa shape index (κ2) is 10.1. The molecule has 2 N–H and O–H groups in total. The SMILES string of the molecule is CCNC(=NCc1ccccc1-n1nc(C)cc1C)NCc1cn2ccsc2n1.I. The Bertz CT molecular complexity index is 1110. The largest absolute Gasteiger partial charge is 0.357 e. The van der Waals surface area contributed by atoms with Crippen LogP contribution in [0.2, 0.25) is 0 Å². The molecular weight excluding hydrogens is 509 g/mol. The minimum atomic E-state index is 0. The molecule has 0 atom stereocenters. The van der Waals surface area contributed by atoms with Crippen LogP contribution in [0.4, 0.5) is 0 Å². The average Bonchev–Trinajstić information content (AvgIpc) is 3.39. The molecule has 7 nitrogen and oxygen atoms in total. The molecule has 30 heavy (non-hydrogen) atoms. The van der Waals surface area contributed by atoms with E-state index in [1.54, 1.807) is 11.3 Å². The number of hydrogen-bond acceptors (Lipinski definition) is 4. The second-order valence-corrected chi connectivity index (χ2v) is 7.71. The molecule has 0 saturated carbocycles. The molecule has 4 rings (SSSR count). The van der Waals surface area contributed by atoms with Crippen LogP contribution in [-0.4, -0.2) is 31.7 Å². The third-order valence-corrected chi connectivity index (χ3v) is 5.33. The van der Waals surface area contributed by atoms with Crippen molar-refractivity contribution in [3.8, 4) is 5.69 Å². The zero-order valence-corrected chi connectivity index (χ0v) is 20.4. The second-order valence-electron chi connectivity index (χ2n) is 6.84. The number of hydrogen-bond donors (Lipinski definition) is 2. The van der Waals surface area contributed by atoms with E-state index < -0.39 is 0 Å². The Labute approximate surface area is 197 Å². The van der Waals surface area contributed by atoms with Crippen molar-refractivity contribution in [2.24, 2.45) is 4.99 Å². The van der Waals surface area contributed by atoms with Gasteiger partial charge in [0.2, 0.25) is 0 Å². The maximum absolute atomic E-state index is 4.78. The van der Waals surface area contributed by atoms with Crippen LogP contribution in [-0.2, 0) is 13.1 Å². The van der Waals surface area contributed by atoms with Gasteiger partial charge in [0.15, 0.2) is 10.9 Å². The number of rotatable bonds is 6. The van der Waals surface area contributed by atoms with Gasteiger partial charge in [0.05, 0.1) is 30.2 Å². The van der Waals surface area contributed by atoms with Crippen molar-refractivity contribution in [2.45, 2.75) is 33.9 Å². The zero-order valence-electron chi connectivity index (χ0n) is 17.3. The maximum Gasteiger partial charge on any atom is 0.193 e. The van der Waals surface area contributed by atoms with E-state index in [4.69, 9.17) is 4.99 Å². The van der Waals surface area contributed by atoms with E-state index in [0.29, 0.717) is 13.1 Å². The summed E-state index contributed by atoms with van der Waals surface area (Å²) >= 11 is 1.63. The number of imidazole rings is 1. The number of aryl methyl sites for hydroxylation is 2. The number of para-hydroxylation sites is 1. The molecule has 1 aromatic carbocycles. The molecule has 0 aliphatic heterocycles. The molecule has 0 spiro atoms. The highest BCUT2D eigenvalue weighted by molar-refractivity contribution is 14.0. The van der Waals surface area contributed by atoms with Gasteiger partial charge >= 0.3 is 0 Å². The molecule has 9 heteroatoms. The summed E-state index contributed by atoms with van der Waals surface area (Å²) in [6, 6.07) is 10.3. The van der Waals surface area contributed by atoms with E-state index in [1.807, 2.05) is 45.9 Å². The smallest absolute Gasteiger partial charge is 0.193 e. The van der Waals surface area contributed by atoms with E-state index in [2.05, 4.69) is 52.8 Å². The molecule has 0 unspecified atom stereocenters. The number of aromatic nitrogens is 4. The number of thiazole rings is 1. The summed E-state index contributed by atoms with van der Waals surface area (Å²) in [7, 11) is 0. The Hall–Kier alpha value is -2.40. The molecule has 0 aliphatic rings. The Kier molecular flexibility index (Phi) is 7.48. The lowest BCUT2D eigenvalue weighted by Crippen LogP contribution is -2.36. The molecule has 0 aliphatic carbocycles. The number of aliphatic imine (C=N–C) groups is 1. The van der Waals surface area contributed by atoms with Crippen molar-refractivity contribution in [3.05, 3.63) is 70.8 Å². The number of guanidine groups is 1.